The zero-order valence-corrected chi connectivity index (χ0v) is 18.4. The third-order valence-electron chi connectivity index (χ3n) is 9.58. The van der Waals surface area contributed by atoms with Gasteiger partial charge in [0, 0.05) is 30.0 Å². The second-order valence-electron chi connectivity index (χ2n) is 10.7. The molecule has 7 rings (SSSR count). The first-order valence-electron chi connectivity index (χ1n) is 11.5. The highest BCUT2D eigenvalue weighted by Crippen LogP contribution is 2.75. The molecule has 5 heteroatoms. The number of likely N-dealkylation sites (tertiary alicyclic amines) is 1. The normalized spacial score (nSPS) is 44.5. The summed E-state index contributed by atoms with van der Waals surface area (Å²) in [7, 11) is 4.00. The van der Waals surface area contributed by atoms with Gasteiger partial charge in [0.15, 0.2) is 11.5 Å². The number of ether oxygens (including phenoxy) is 2. The minimum atomic E-state index is -0.850. The van der Waals surface area contributed by atoms with Crippen LogP contribution < -0.4 is 4.74 Å². The monoisotopic (exact) mass is 411 g/mol. The molecule has 0 amide bonds. The summed E-state index contributed by atoms with van der Waals surface area (Å²) in [4.78, 5) is 2.51. The van der Waals surface area contributed by atoms with Gasteiger partial charge in [-0.3, -0.25) is 0 Å². The van der Waals surface area contributed by atoms with Gasteiger partial charge in [0.05, 0.1) is 11.0 Å². The first kappa shape index (κ1) is 19.1. The van der Waals surface area contributed by atoms with Crippen molar-refractivity contribution in [2.45, 2.75) is 74.7 Å². The predicted molar refractivity (Wildman–Crippen MR) is 114 cm³/mol. The molecule has 1 unspecified atom stereocenters. The lowest BCUT2D eigenvalue weighted by atomic mass is 9.36. The number of aromatic hydroxyl groups is 1. The molecule has 2 N–H and O–H groups in total. The number of rotatable bonds is 4. The topological polar surface area (TPSA) is 62.2 Å². The summed E-state index contributed by atoms with van der Waals surface area (Å²) in [6.45, 7) is 5.11. The van der Waals surface area contributed by atoms with E-state index in [1.807, 2.05) is 6.92 Å². The number of phenols is 1. The van der Waals surface area contributed by atoms with E-state index < -0.39 is 11.2 Å². The number of aliphatic hydroxyl groups is 1. The van der Waals surface area contributed by atoms with Crippen LogP contribution in [0.4, 0.5) is 0 Å². The minimum Gasteiger partial charge on any atom is -0.504 e. The summed E-state index contributed by atoms with van der Waals surface area (Å²) in [6, 6.07) is 4.23. The van der Waals surface area contributed by atoms with E-state index in [9.17, 15) is 10.2 Å². The van der Waals surface area contributed by atoms with Crippen molar-refractivity contribution in [2.75, 3.05) is 20.7 Å². The number of hydrogen-bond donors (Lipinski definition) is 2. The molecule has 1 saturated heterocycles. The van der Waals surface area contributed by atoms with Crippen molar-refractivity contribution < 1.29 is 19.7 Å². The minimum absolute atomic E-state index is 0.0647. The van der Waals surface area contributed by atoms with E-state index in [2.05, 4.69) is 37.1 Å². The van der Waals surface area contributed by atoms with Gasteiger partial charge < -0.3 is 24.6 Å². The number of methoxy groups -OCH3 is 1. The maximum absolute atomic E-state index is 11.7. The fraction of sp³-hybridized carbons (Fsp3) is 0.680. The second-order valence-corrected chi connectivity index (χ2v) is 10.7. The van der Waals surface area contributed by atoms with Crippen molar-refractivity contribution in [1.82, 2.24) is 4.90 Å². The van der Waals surface area contributed by atoms with Gasteiger partial charge >= 0.3 is 0 Å². The number of nitrogens with zero attached hydrogens (tertiary/aromatic N) is 1. The Hall–Kier alpha value is -1.56. The molecule has 4 aliphatic carbocycles. The summed E-state index contributed by atoms with van der Waals surface area (Å²) in [5.74, 6) is 0.823. The Morgan fingerprint density at radius 3 is 2.87 bits per heavy atom. The second kappa shape index (κ2) is 5.62. The molecule has 0 aromatic heterocycles. The van der Waals surface area contributed by atoms with Crippen LogP contribution in [-0.2, 0) is 16.6 Å². The van der Waals surface area contributed by atoms with Crippen molar-refractivity contribution in [3.05, 3.63) is 35.4 Å². The van der Waals surface area contributed by atoms with Gasteiger partial charge in [-0.15, -0.1) is 0 Å². The maximum Gasteiger partial charge on any atom is 0.165 e. The Morgan fingerprint density at radius 2 is 2.13 bits per heavy atom. The van der Waals surface area contributed by atoms with E-state index in [4.69, 9.17) is 9.47 Å². The fourth-order valence-electron chi connectivity index (χ4n) is 8.44. The third kappa shape index (κ3) is 1.80. The summed E-state index contributed by atoms with van der Waals surface area (Å²) in [5.41, 5.74) is 0.625. The Labute approximate surface area is 178 Å². The van der Waals surface area contributed by atoms with Crippen molar-refractivity contribution in [3.63, 3.8) is 0 Å². The molecule has 1 aromatic rings. The van der Waals surface area contributed by atoms with Gasteiger partial charge in [-0.05, 0) is 57.8 Å². The van der Waals surface area contributed by atoms with Gasteiger partial charge in [-0.25, -0.2) is 0 Å². The van der Waals surface area contributed by atoms with Crippen molar-refractivity contribution in [1.29, 1.82) is 0 Å². The summed E-state index contributed by atoms with van der Waals surface area (Å²) >= 11 is 0. The maximum atomic E-state index is 11.7. The number of likely N-dealkylation sites (N-methyl/N-ethyl adjacent to an activating group) is 1. The van der Waals surface area contributed by atoms with E-state index >= 15 is 0 Å². The molecular weight excluding hydrogens is 378 g/mol. The summed E-state index contributed by atoms with van der Waals surface area (Å²) in [6.07, 6.45) is 8.86. The zero-order valence-electron chi connectivity index (χ0n) is 18.4. The van der Waals surface area contributed by atoms with Crippen LogP contribution in [0.15, 0.2) is 24.3 Å². The van der Waals surface area contributed by atoms with Gasteiger partial charge in [0.1, 0.15) is 11.7 Å². The number of benzene rings is 1. The predicted octanol–water partition coefficient (Wildman–Crippen LogP) is 3.16. The molecule has 1 saturated carbocycles. The zero-order chi connectivity index (χ0) is 21.1. The van der Waals surface area contributed by atoms with Gasteiger partial charge in [0.2, 0.25) is 0 Å². The van der Waals surface area contributed by atoms with E-state index in [0.29, 0.717) is 11.8 Å². The van der Waals surface area contributed by atoms with Gasteiger partial charge in [-0.2, -0.15) is 0 Å². The molecule has 4 bridgehead atoms. The highest BCUT2D eigenvalue weighted by atomic mass is 16.6. The molecule has 30 heavy (non-hydrogen) atoms. The molecule has 5 nitrogen and oxygen atoms in total. The van der Waals surface area contributed by atoms with Crippen LogP contribution in [0.25, 0.3) is 0 Å². The van der Waals surface area contributed by atoms with Crippen molar-refractivity contribution >= 4 is 0 Å². The molecule has 1 aromatic carbocycles. The van der Waals surface area contributed by atoms with Crippen molar-refractivity contribution in [3.8, 4) is 11.5 Å². The van der Waals surface area contributed by atoms with Crippen molar-refractivity contribution in [2.24, 2.45) is 11.3 Å². The lowest BCUT2D eigenvalue weighted by Gasteiger charge is -2.72. The number of fused-ring (bicyclic) bond motifs is 1. The number of hydrogen-bond acceptors (Lipinski definition) is 5. The molecule has 2 heterocycles. The first-order valence-corrected chi connectivity index (χ1v) is 11.5. The molecule has 162 valence electrons. The molecule has 7 atom stereocenters. The highest BCUT2D eigenvalue weighted by Gasteiger charge is 2.80. The Kier molecular flexibility index (Phi) is 3.59. The lowest BCUT2D eigenvalue weighted by molar-refractivity contribution is -0.247. The average Bonchev–Trinajstić information content (AvgIpc) is 3.09. The Balaban J connectivity index is 1.66. The van der Waals surface area contributed by atoms with Crippen LogP contribution in [0, 0.1) is 11.3 Å². The Morgan fingerprint density at radius 1 is 1.33 bits per heavy atom. The standard InChI is InChI=1S/C25H33NO4/c1-5-8-22(2,28)17-14-23-9-10-25(17,29-4)21-24(23)11-12-26(3)18(23)13-15-6-7-16(27)20(30-21)19(15)24/h6-7,9-10,17-18,21,27-28H,5,8,11-14H2,1-4H3/t17-,18+,21-,22?,23-,24+,25-/m1/s1. The van der Waals surface area contributed by atoms with Crippen LogP contribution in [0.3, 0.4) is 0 Å². The van der Waals surface area contributed by atoms with E-state index in [-0.39, 0.29) is 28.6 Å². The molecule has 2 spiro atoms. The fourth-order valence-corrected chi connectivity index (χ4v) is 8.44. The largest absolute Gasteiger partial charge is 0.504 e. The van der Waals surface area contributed by atoms with Crippen LogP contribution >= 0.6 is 0 Å². The van der Waals surface area contributed by atoms with Gasteiger partial charge in [0.25, 0.3) is 0 Å². The smallest absolute Gasteiger partial charge is 0.165 e. The van der Waals surface area contributed by atoms with Crippen LogP contribution in [0.2, 0.25) is 0 Å². The van der Waals surface area contributed by atoms with Crippen LogP contribution in [0.5, 0.6) is 11.5 Å². The van der Waals surface area contributed by atoms with Crippen LogP contribution in [-0.4, -0.2) is 59.2 Å². The Bertz CT molecular complexity index is 957. The lowest BCUT2D eigenvalue weighted by Crippen LogP contribution is -2.80. The van der Waals surface area contributed by atoms with Crippen LogP contribution in [0.1, 0.15) is 50.7 Å². The molecule has 2 fully saturated rings. The summed E-state index contributed by atoms with van der Waals surface area (Å²) < 4.78 is 13.1. The van der Waals surface area contributed by atoms with Gasteiger partial charge in [-0.1, -0.05) is 31.6 Å². The highest BCUT2D eigenvalue weighted by molar-refractivity contribution is 5.65. The van der Waals surface area contributed by atoms with E-state index in [1.165, 1.54) is 11.1 Å². The number of piperidine rings is 1. The quantitative estimate of drug-likeness (QED) is 0.746. The number of phenolic OH excluding ortho intramolecular Hbond substituents is 1. The molecule has 6 aliphatic rings. The summed E-state index contributed by atoms with van der Waals surface area (Å²) in [5, 5.41) is 22.4. The first-order chi connectivity index (χ1) is 14.3. The van der Waals surface area contributed by atoms with E-state index in [1.54, 1.807) is 13.2 Å². The van der Waals surface area contributed by atoms with E-state index in [0.717, 1.165) is 38.6 Å². The molecule has 0 radical (unpaired) electrons. The molecule has 2 aliphatic heterocycles. The average molecular weight is 412 g/mol. The third-order valence-corrected chi connectivity index (χ3v) is 9.58. The SMILES string of the molecule is CCCC(C)(O)[C@H]1C[C@@]23C=C[C@]1(OC)[C@@H]1Oc4c(O)ccc5c4[C@@]12CCN(C)[C@H]3C5. The molecular formula is C25H33NO4.